The maximum absolute atomic E-state index is 12.5. The molecule has 2 N–H and O–H groups in total. The van der Waals surface area contributed by atoms with Gasteiger partial charge in [-0.3, -0.25) is 14.2 Å². The normalized spacial score (nSPS) is 16.6. The largest absolute Gasteiger partial charge is 0.347 e. The second-order valence-corrected chi connectivity index (χ2v) is 6.85. The quantitative estimate of drug-likeness (QED) is 0.849. The highest BCUT2D eigenvalue weighted by molar-refractivity contribution is 7.71. The van der Waals surface area contributed by atoms with Gasteiger partial charge in [0.1, 0.15) is 0 Å². The van der Waals surface area contributed by atoms with Gasteiger partial charge in [0.05, 0.1) is 10.9 Å². The minimum Gasteiger partial charge on any atom is -0.347 e. The van der Waals surface area contributed by atoms with Crippen molar-refractivity contribution in [1.29, 1.82) is 0 Å². The summed E-state index contributed by atoms with van der Waals surface area (Å²) in [6.45, 7) is 4.48. The van der Waals surface area contributed by atoms with E-state index in [-0.39, 0.29) is 17.0 Å². The topological polar surface area (TPSA) is 66.9 Å². The summed E-state index contributed by atoms with van der Waals surface area (Å²) in [6.07, 6.45) is 4.32. The molecule has 1 aromatic carbocycles. The molecular weight excluding hydrogens is 310 g/mol. The van der Waals surface area contributed by atoms with Crippen LogP contribution in [0.2, 0.25) is 0 Å². The summed E-state index contributed by atoms with van der Waals surface area (Å²) < 4.78 is 1.89. The van der Waals surface area contributed by atoms with Gasteiger partial charge < -0.3 is 10.3 Å². The number of nitrogens with one attached hydrogen (secondary N) is 2. The Bertz CT molecular complexity index is 876. The average Bonchev–Trinajstić information content (AvgIpc) is 2.93. The molecule has 1 aromatic heterocycles. The minimum absolute atomic E-state index is 0.102. The Morgan fingerprint density at radius 1 is 1.39 bits per heavy atom. The van der Waals surface area contributed by atoms with E-state index in [2.05, 4.69) is 17.2 Å². The standard InChI is InChI=1S/C17H21N3O2S/c1-3-20-15(22)12-7-6-11(10-13(12)18-16(20)23)14(21)19-17(2)8-4-5-9-17/h6-7,10H,3-5,8-9H2,1-2H3,(H,18,23)(H,19,21). The van der Waals surface area contributed by atoms with Crippen LogP contribution in [0.25, 0.3) is 10.9 Å². The summed E-state index contributed by atoms with van der Waals surface area (Å²) in [7, 11) is 0. The summed E-state index contributed by atoms with van der Waals surface area (Å²) >= 11 is 5.22. The minimum atomic E-state index is -0.124. The number of aromatic amines is 1. The van der Waals surface area contributed by atoms with E-state index in [1.54, 1.807) is 18.2 Å². The van der Waals surface area contributed by atoms with Crippen molar-refractivity contribution < 1.29 is 4.79 Å². The van der Waals surface area contributed by atoms with Crippen molar-refractivity contribution >= 4 is 29.0 Å². The highest BCUT2D eigenvalue weighted by Gasteiger charge is 2.30. The first-order chi connectivity index (χ1) is 10.9. The molecule has 1 saturated carbocycles. The maximum atomic E-state index is 12.5. The number of amides is 1. The van der Waals surface area contributed by atoms with Crippen molar-refractivity contribution in [3.63, 3.8) is 0 Å². The summed E-state index contributed by atoms with van der Waals surface area (Å²) in [5, 5.41) is 3.67. The molecule has 1 fully saturated rings. The van der Waals surface area contributed by atoms with Crippen molar-refractivity contribution in [1.82, 2.24) is 14.9 Å². The van der Waals surface area contributed by atoms with Crippen molar-refractivity contribution in [3.05, 3.63) is 38.9 Å². The number of carbonyl (C=O) groups is 1. The first-order valence-corrected chi connectivity index (χ1v) is 8.44. The highest BCUT2D eigenvalue weighted by Crippen LogP contribution is 2.29. The average molecular weight is 331 g/mol. The molecule has 0 bridgehead atoms. The molecule has 1 aliphatic rings. The van der Waals surface area contributed by atoms with Crippen LogP contribution in [0.1, 0.15) is 49.9 Å². The van der Waals surface area contributed by atoms with Crippen LogP contribution < -0.4 is 10.9 Å². The van der Waals surface area contributed by atoms with E-state index in [1.165, 1.54) is 4.57 Å². The number of hydrogen-bond donors (Lipinski definition) is 2. The van der Waals surface area contributed by atoms with Crippen molar-refractivity contribution in [2.45, 2.75) is 51.6 Å². The van der Waals surface area contributed by atoms with Gasteiger partial charge in [0.2, 0.25) is 0 Å². The smallest absolute Gasteiger partial charge is 0.262 e. The second-order valence-electron chi connectivity index (χ2n) is 6.46. The zero-order valence-electron chi connectivity index (χ0n) is 13.4. The van der Waals surface area contributed by atoms with Crippen LogP contribution >= 0.6 is 12.2 Å². The zero-order chi connectivity index (χ0) is 16.6. The number of nitrogens with zero attached hydrogens (tertiary/aromatic N) is 1. The molecule has 0 unspecified atom stereocenters. The Labute approximate surface area is 139 Å². The number of carbonyl (C=O) groups excluding carboxylic acids is 1. The third-order valence-corrected chi connectivity index (χ3v) is 5.01. The molecule has 3 rings (SSSR count). The van der Waals surface area contributed by atoms with Gasteiger partial charge in [0.25, 0.3) is 11.5 Å². The Morgan fingerprint density at radius 2 is 2.09 bits per heavy atom. The predicted octanol–water partition coefficient (Wildman–Crippen LogP) is 3.14. The predicted molar refractivity (Wildman–Crippen MR) is 93.4 cm³/mol. The van der Waals surface area contributed by atoms with Gasteiger partial charge in [-0.25, -0.2) is 0 Å². The first kappa shape index (κ1) is 15.9. The number of hydrogen-bond acceptors (Lipinski definition) is 3. The molecule has 0 radical (unpaired) electrons. The van der Waals surface area contributed by atoms with Gasteiger partial charge in [-0.15, -0.1) is 0 Å². The summed E-state index contributed by atoms with van der Waals surface area (Å²) in [4.78, 5) is 27.9. The lowest BCUT2D eigenvalue weighted by Gasteiger charge is -2.25. The zero-order valence-corrected chi connectivity index (χ0v) is 14.3. The summed E-state index contributed by atoms with van der Waals surface area (Å²) in [5.41, 5.74) is 0.907. The Morgan fingerprint density at radius 3 is 2.74 bits per heavy atom. The maximum Gasteiger partial charge on any atom is 0.262 e. The van der Waals surface area contributed by atoms with Gasteiger partial charge >= 0.3 is 0 Å². The molecule has 1 amide bonds. The molecule has 5 nitrogen and oxygen atoms in total. The van der Waals surface area contributed by atoms with Gasteiger partial charge in [-0.05, 0) is 57.1 Å². The molecule has 23 heavy (non-hydrogen) atoms. The van der Waals surface area contributed by atoms with Crippen LogP contribution in [-0.2, 0) is 6.54 Å². The molecule has 6 heteroatoms. The van der Waals surface area contributed by atoms with E-state index in [4.69, 9.17) is 12.2 Å². The third-order valence-electron chi connectivity index (χ3n) is 4.68. The molecule has 2 aromatic rings. The summed E-state index contributed by atoms with van der Waals surface area (Å²) in [6, 6.07) is 5.11. The van der Waals surface area contributed by atoms with Crippen molar-refractivity contribution in [2.75, 3.05) is 0 Å². The number of fused-ring (bicyclic) bond motifs is 1. The molecule has 0 atom stereocenters. The third kappa shape index (κ3) is 2.95. The fourth-order valence-electron chi connectivity index (χ4n) is 3.31. The van der Waals surface area contributed by atoms with Gasteiger partial charge in [0.15, 0.2) is 4.77 Å². The Balaban J connectivity index is 1.98. The first-order valence-electron chi connectivity index (χ1n) is 8.03. The molecule has 0 spiro atoms. The monoisotopic (exact) mass is 331 g/mol. The van der Waals surface area contributed by atoms with Gasteiger partial charge in [-0.1, -0.05) is 12.8 Å². The number of rotatable bonds is 3. The van der Waals surface area contributed by atoms with Crippen molar-refractivity contribution in [3.8, 4) is 0 Å². The lowest BCUT2D eigenvalue weighted by molar-refractivity contribution is 0.0908. The van der Waals surface area contributed by atoms with Crippen LogP contribution in [0.4, 0.5) is 0 Å². The number of H-pyrrole nitrogens is 1. The second kappa shape index (κ2) is 5.92. The fraction of sp³-hybridized carbons (Fsp3) is 0.471. The van der Waals surface area contributed by atoms with Crippen molar-refractivity contribution in [2.24, 2.45) is 0 Å². The van der Waals surface area contributed by atoms with E-state index in [9.17, 15) is 9.59 Å². The van der Waals surface area contributed by atoms with Crippen LogP contribution in [0, 0.1) is 4.77 Å². The lowest BCUT2D eigenvalue weighted by Crippen LogP contribution is -2.43. The van der Waals surface area contributed by atoms with E-state index in [0.29, 0.717) is 27.8 Å². The summed E-state index contributed by atoms with van der Waals surface area (Å²) in [5.74, 6) is -0.102. The van der Waals surface area contributed by atoms with Gasteiger partial charge in [-0.2, -0.15) is 0 Å². The highest BCUT2D eigenvalue weighted by atomic mass is 32.1. The fourth-order valence-corrected chi connectivity index (χ4v) is 3.63. The Hall–Kier alpha value is -1.95. The number of aromatic nitrogens is 2. The van der Waals surface area contributed by atoms with Crippen LogP contribution in [-0.4, -0.2) is 21.0 Å². The molecule has 0 aliphatic heterocycles. The van der Waals surface area contributed by atoms with Crippen LogP contribution in [0.15, 0.2) is 23.0 Å². The molecule has 122 valence electrons. The van der Waals surface area contributed by atoms with E-state index in [0.717, 1.165) is 25.7 Å². The molecule has 1 heterocycles. The van der Waals surface area contributed by atoms with E-state index >= 15 is 0 Å². The van der Waals surface area contributed by atoms with Crippen LogP contribution in [0.3, 0.4) is 0 Å². The van der Waals surface area contributed by atoms with E-state index < -0.39 is 0 Å². The van der Waals surface area contributed by atoms with E-state index in [1.807, 2.05) is 6.92 Å². The molecule has 0 saturated heterocycles. The lowest BCUT2D eigenvalue weighted by atomic mass is 10.00. The molecular formula is C17H21N3O2S. The van der Waals surface area contributed by atoms with Crippen LogP contribution in [0.5, 0.6) is 0 Å². The molecule has 1 aliphatic carbocycles. The Kier molecular flexibility index (Phi) is 4.10. The van der Waals surface area contributed by atoms with Gasteiger partial charge in [0, 0.05) is 17.6 Å². The SMILES string of the molecule is CCn1c(=S)[nH]c2cc(C(=O)NC3(C)CCCC3)ccc2c1=O. The number of benzene rings is 1.